The normalized spacial score (nSPS) is 12.9. The molecule has 116 valence electrons. The summed E-state index contributed by atoms with van der Waals surface area (Å²) < 4.78 is 16.4. The van der Waals surface area contributed by atoms with Crippen molar-refractivity contribution in [3.8, 4) is 17.2 Å². The summed E-state index contributed by atoms with van der Waals surface area (Å²) in [7, 11) is 1.59. The van der Waals surface area contributed by atoms with Gasteiger partial charge in [0.2, 0.25) is 0 Å². The molecule has 1 N–H and O–H groups in total. The first-order valence-corrected chi connectivity index (χ1v) is 7.58. The summed E-state index contributed by atoms with van der Waals surface area (Å²) in [6.45, 7) is 1.68. The maximum Gasteiger partial charge on any atom is 0.163 e. The molecule has 1 heterocycles. The van der Waals surface area contributed by atoms with Gasteiger partial charge in [0.25, 0.3) is 0 Å². The number of anilines is 1. The molecule has 0 saturated carbocycles. The summed E-state index contributed by atoms with van der Waals surface area (Å²) in [5.74, 6) is 2.13. The standard InChI is InChI=1S/C16H15Cl2NO3/c1-20-16-10(6-11(17)7-13(16)18)9-19-12-2-3-14-15(8-12)22-5-4-21-14/h2-3,6-8,19H,4-5,9H2,1H3. The number of methoxy groups -OCH3 is 1. The maximum atomic E-state index is 6.14. The molecule has 0 atom stereocenters. The molecule has 0 saturated heterocycles. The first-order valence-electron chi connectivity index (χ1n) is 6.83. The number of fused-ring (bicyclic) bond motifs is 1. The quantitative estimate of drug-likeness (QED) is 0.896. The molecule has 2 aromatic rings. The van der Waals surface area contributed by atoms with Crippen molar-refractivity contribution in [1.82, 2.24) is 0 Å². The van der Waals surface area contributed by atoms with Gasteiger partial charge in [-0.2, -0.15) is 0 Å². The van der Waals surface area contributed by atoms with Crippen molar-refractivity contribution < 1.29 is 14.2 Å². The second-order valence-electron chi connectivity index (χ2n) is 4.79. The van der Waals surface area contributed by atoms with Gasteiger partial charge in [-0.3, -0.25) is 0 Å². The van der Waals surface area contributed by atoms with Crippen LogP contribution in [0.3, 0.4) is 0 Å². The van der Waals surface area contributed by atoms with Crippen molar-refractivity contribution in [2.75, 3.05) is 25.6 Å². The van der Waals surface area contributed by atoms with E-state index in [-0.39, 0.29) is 0 Å². The molecule has 2 aromatic carbocycles. The summed E-state index contributed by atoms with van der Waals surface area (Å²) in [4.78, 5) is 0. The highest BCUT2D eigenvalue weighted by atomic mass is 35.5. The number of rotatable bonds is 4. The fourth-order valence-electron chi connectivity index (χ4n) is 2.32. The molecule has 0 aromatic heterocycles. The number of ether oxygens (including phenoxy) is 3. The van der Waals surface area contributed by atoms with Crippen LogP contribution in [0.2, 0.25) is 10.0 Å². The molecule has 22 heavy (non-hydrogen) atoms. The molecule has 1 aliphatic heterocycles. The predicted octanol–water partition coefficient (Wildman–Crippen LogP) is 4.39. The van der Waals surface area contributed by atoms with Crippen LogP contribution in [0.5, 0.6) is 17.2 Å². The van der Waals surface area contributed by atoms with Crippen LogP contribution in [0.4, 0.5) is 5.69 Å². The molecule has 3 rings (SSSR count). The van der Waals surface area contributed by atoms with Crippen molar-refractivity contribution in [3.05, 3.63) is 45.9 Å². The smallest absolute Gasteiger partial charge is 0.163 e. The van der Waals surface area contributed by atoms with Crippen molar-refractivity contribution in [3.63, 3.8) is 0 Å². The Balaban J connectivity index is 1.78. The first-order chi connectivity index (χ1) is 10.7. The first kappa shape index (κ1) is 15.1. The molecular weight excluding hydrogens is 325 g/mol. The SMILES string of the molecule is COc1c(Cl)cc(Cl)cc1CNc1ccc2c(c1)OCCO2. The summed E-state index contributed by atoms with van der Waals surface area (Å²) in [5.41, 5.74) is 1.80. The second kappa shape index (κ2) is 6.55. The second-order valence-corrected chi connectivity index (χ2v) is 5.64. The molecule has 0 spiro atoms. The molecule has 0 fully saturated rings. The van der Waals surface area contributed by atoms with E-state index in [4.69, 9.17) is 37.4 Å². The minimum absolute atomic E-state index is 0.494. The topological polar surface area (TPSA) is 39.7 Å². The van der Waals surface area contributed by atoms with Gasteiger partial charge in [-0.25, -0.2) is 0 Å². The van der Waals surface area contributed by atoms with Crippen molar-refractivity contribution >= 4 is 28.9 Å². The molecule has 0 aliphatic carbocycles. The summed E-state index contributed by atoms with van der Waals surface area (Å²) in [5, 5.41) is 4.38. The van der Waals surface area contributed by atoms with Crippen LogP contribution in [-0.2, 0) is 6.54 Å². The third kappa shape index (κ3) is 3.18. The Labute approximate surface area is 138 Å². The van der Waals surface area contributed by atoms with Gasteiger partial charge in [-0.05, 0) is 24.3 Å². The van der Waals surface area contributed by atoms with Crippen LogP contribution in [0.1, 0.15) is 5.56 Å². The largest absolute Gasteiger partial charge is 0.495 e. The predicted molar refractivity (Wildman–Crippen MR) is 87.8 cm³/mol. The third-order valence-corrected chi connectivity index (χ3v) is 3.81. The fourth-order valence-corrected chi connectivity index (χ4v) is 2.94. The Morgan fingerprint density at radius 2 is 1.86 bits per heavy atom. The number of halogens is 2. The zero-order chi connectivity index (χ0) is 15.5. The van der Waals surface area contributed by atoms with Crippen LogP contribution in [0.15, 0.2) is 30.3 Å². The highest BCUT2D eigenvalue weighted by Crippen LogP contribution is 2.35. The average molecular weight is 340 g/mol. The molecular formula is C16H15Cl2NO3. The zero-order valence-electron chi connectivity index (χ0n) is 12.0. The molecule has 4 nitrogen and oxygen atoms in total. The molecule has 6 heteroatoms. The van der Waals surface area contributed by atoms with Crippen molar-refractivity contribution in [2.24, 2.45) is 0 Å². The monoisotopic (exact) mass is 339 g/mol. The maximum absolute atomic E-state index is 6.14. The van der Waals surface area contributed by atoms with Crippen LogP contribution < -0.4 is 19.5 Å². The average Bonchev–Trinajstić information content (AvgIpc) is 2.52. The van der Waals surface area contributed by atoms with Crippen molar-refractivity contribution in [2.45, 2.75) is 6.54 Å². The Morgan fingerprint density at radius 3 is 2.64 bits per heavy atom. The Hall–Kier alpha value is -1.78. The van der Waals surface area contributed by atoms with E-state index in [0.29, 0.717) is 35.6 Å². The van der Waals surface area contributed by atoms with E-state index in [1.165, 1.54) is 0 Å². The Kier molecular flexibility index (Phi) is 4.50. The molecule has 0 bridgehead atoms. The van der Waals surface area contributed by atoms with E-state index in [9.17, 15) is 0 Å². The summed E-state index contributed by atoms with van der Waals surface area (Å²) in [6.07, 6.45) is 0. The van der Waals surface area contributed by atoms with Gasteiger partial charge < -0.3 is 19.5 Å². The van der Waals surface area contributed by atoms with Crippen LogP contribution in [-0.4, -0.2) is 20.3 Å². The minimum Gasteiger partial charge on any atom is -0.495 e. The molecule has 0 amide bonds. The van der Waals surface area contributed by atoms with Gasteiger partial charge >= 0.3 is 0 Å². The van der Waals surface area contributed by atoms with Gasteiger partial charge in [0.05, 0.1) is 12.1 Å². The van der Waals surface area contributed by atoms with Crippen LogP contribution in [0.25, 0.3) is 0 Å². The fraction of sp³-hybridized carbons (Fsp3) is 0.250. The number of benzene rings is 2. The summed E-state index contributed by atoms with van der Waals surface area (Å²) >= 11 is 12.2. The Bertz CT molecular complexity index is 691. The lowest BCUT2D eigenvalue weighted by Crippen LogP contribution is -2.15. The molecule has 0 radical (unpaired) electrons. The van der Waals surface area contributed by atoms with Gasteiger partial charge in [-0.15, -0.1) is 0 Å². The van der Waals surface area contributed by atoms with Crippen molar-refractivity contribution in [1.29, 1.82) is 0 Å². The molecule has 1 aliphatic rings. The minimum atomic E-state index is 0.494. The highest BCUT2D eigenvalue weighted by molar-refractivity contribution is 6.35. The lowest BCUT2D eigenvalue weighted by molar-refractivity contribution is 0.171. The van der Waals surface area contributed by atoms with Gasteiger partial charge in [0.15, 0.2) is 11.5 Å². The van der Waals surface area contributed by atoms with E-state index in [1.807, 2.05) is 24.3 Å². The third-order valence-electron chi connectivity index (χ3n) is 3.31. The lowest BCUT2D eigenvalue weighted by atomic mass is 10.2. The van der Waals surface area contributed by atoms with Crippen LogP contribution in [0, 0.1) is 0 Å². The highest BCUT2D eigenvalue weighted by Gasteiger charge is 2.13. The summed E-state index contributed by atoms with van der Waals surface area (Å²) in [6, 6.07) is 9.23. The van der Waals surface area contributed by atoms with Crippen LogP contribution >= 0.6 is 23.2 Å². The van der Waals surface area contributed by atoms with E-state index < -0.39 is 0 Å². The number of hydrogen-bond donors (Lipinski definition) is 1. The Morgan fingerprint density at radius 1 is 1.09 bits per heavy atom. The van der Waals surface area contributed by atoms with Gasteiger partial charge in [0.1, 0.15) is 19.0 Å². The van der Waals surface area contributed by atoms with Gasteiger partial charge in [0, 0.05) is 28.9 Å². The zero-order valence-corrected chi connectivity index (χ0v) is 13.5. The number of hydrogen-bond acceptors (Lipinski definition) is 4. The lowest BCUT2D eigenvalue weighted by Gasteiger charge is -2.19. The van der Waals surface area contributed by atoms with E-state index in [0.717, 1.165) is 22.7 Å². The van der Waals surface area contributed by atoms with Gasteiger partial charge in [-0.1, -0.05) is 23.2 Å². The van der Waals surface area contributed by atoms with E-state index in [2.05, 4.69) is 5.32 Å². The van der Waals surface area contributed by atoms with E-state index in [1.54, 1.807) is 13.2 Å². The van der Waals surface area contributed by atoms with E-state index >= 15 is 0 Å². The number of nitrogens with one attached hydrogen (secondary N) is 1. The molecule has 0 unspecified atom stereocenters.